The van der Waals surface area contributed by atoms with Gasteiger partial charge in [0, 0.05) is 11.9 Å². The van der Waals surface area contributed by atoms with E-state index < -0.39 is 0 Å². The number of fused-ring (bicyclic) bond motifs is 1. The molecule has 2 heterocycles. The summed E-state index contributed by atoms with van der Waals surface area (Å²) in [5, 5.41) is 2.73. The monoisotopic (exact) mass is 297 g/mol. The maximum atomic E-state index is 13.2. The van der Waals surface area contributed by atoms with Crippen molar-refractivity contribution in [1.29, 1.82) is 0 Å². The van der Waals surface area contributed by atoms with E-state index in [1.165, 1.54) is 12.1 Å². The summed E-state index contributed by atoms with van der Waals surface area (Å²) in [7, 11) is 0. The molecular weight excluding hydrogens is 281 g/mol. The molecule has 0 bridgehead atoms. The number of benzene rings is 1. The van der Waals surface area contributed by atoms with Crippen LogP contribution in [0, 0.1) is 12.7 Å². The maximum absolute atomic E-state index is 13.2. The lowest BCUT2D eigenvalue weighted by molar-refractivity contribution is 0.102. The SMILES string of the molecule is CCc1nc2ccc(C)cn2c1C(=O)Nc1cccc(F)c1. The van der Waals surface area contributed by atoms with Gasteiger partial charge in [-0.15, -0.1) is 0 Å². The van der Waals surface area contributed by atoms with Crippen LogP contribution in [-0.2, 0) is 6.42 Å². The Labute approximate surface area is 127 Å². The van der Waals surface area contributed by atoms with Crippen molar-refractivity contribution in [2.45, 2.75) is 20.3 Å². The number of aryl methyl sites for hydroxylation is 2. The Morgan fingerprint density at radius 3 is 2.86 bits per heavy atom. The zero-order valence-corrected chi connectivity index (χ0v) is 12.4. The highest BCUT2D eigenvalue weighted by Gasteiger charge is 2.18. The summed E-state index contributed by atoms with van der Waals surface area (Å²) in [5.41, 5.74) is 3.40. The molecule has 22 heavy (non-hydrogen) atoms. The second-order valence-electron chi connectivity index (χ2n) is 5.16. The molecule has 0 aliphatic rings. The first-order chi connectivity index (χ1) is 10.6. The molecule has 0 radical (unpaired) electrons. The Bertz CT molecular complexity index is 854. The maximum Gasteiger partial charge on any atom is 0.274 e. The molecule has 1 aromatic carbocycles. The highest BCUT2D eigenvalue weighted by atomic mass is 19.1. The summed E-state index contributed by atoms with van der Waals surface area (Å²) in [6, 6.07) is 9.68. The van der Waals surface area contributed by atoms with Crippen molar-refractivity contribution in [2.75, 3.05) is 5.32 Å². The van der Waals surface area contributed by atoms with Crippen LogP contribution in [0.25, 0.3) is 5.65 Å². The molecule has 5 heteroatoms. The largest absolute Gasteiger partial charge is 0.321 e. The van der Waals surface area contributed by atoms with E-state index in [1.54, 1.807) is 16.5 Å². The molecule has 4 nitrogen and oxygen atoms in total. The van der Waals surface area contributed by atoms with E-state index in [0.717, 1.165) is 16.9 Å². The van der Waals surface area contributed by atoms with Gasteiger partial charge in [0.25, 0.3) is 5.91 Å². The predicted molar refractivity (Wildman–Crippen MR) is 83.7 cm³/mol. The van der Waals surface area contributed by atoms with Gasteiger partial charge in [-0.2, -0.15) is 0 Å². The Morgan fingerprint density at radius 2 is 2.14 bits per heavy atom. The number of nitrogens with zero attached hydrogens (tertiary/aromatic N) is 2. The first-order valence-electron chi connectivity index (χ1n) is 7.13. The van der Waals surface area contributed by atoms with Crippen molar-refractivity contribution in [1.82, 2.24) is 9.38 Å². The first-order valence-corrected chi connectivity index (χ1v) is 7.13. The fourth-order valence-electron chi connectivity index (χ4n) is 2.44. The molecule has 0 spiro atoms. The molecule has 3 aromatic rings. The number of carbonyl (C=O) groups is 1. The lowest BCUT2D eigenvalue weighted by Gasteiger charge is -2.07. The number of nitrogens with one attached hydrogen (secondary N) is 1. The third-order valence-electron chi connectivity index (χ3n) is 3.47. The molecule has 0 aliphatic heterocycles. The third-order valence-corrected chi connectivity index (χ3v) is 3.47. The van der Waals surface area contributed by atoms with Gasteiger partial charge in [0.2, 0.25) is 0 Å². The molecule has 1 amide bonds. The van der Waals surface area contributed by atoms with Crippen LogP contribution in [0.2, 0.25) is 0 Å². The van der Waals surface area contributed by atoms with Crippen LogP contribution in [0.5, 0.6) is 0 Å². The van der Waals surface area contributed by atoms with Gasteiger partial charge < -0.3 is 5.32 Å². The standard InChI is InChI=1S/C17H16FN3O/c1-3-14-16(21-10-11(2)7-8-15(21)20-14)17(22)19-13-6-4-5-12(18)9-13/h4-10H,3H2,1-2H3,(H,19,22). The Kier molecular flexibility index (Phi) is 3.63. The van der Waals surface area contributed by atoms with E-state index >= 15 is 0 Å². The zero-order valence-electron chi connectivity index (χ0n) is 12.4. The first kappa shape index (κ1) is 14.3. The quantitative estimate of drug-likeness (QED) is 0.803. The third kappa shape index (κ3) is 2.57. The van der Waals surface area contributed by atoms with Gasteiger partial charge in [0.05, 0.1) is 5.69 Å². The minimum absolute atomic E-state index is 0.291. The van der Waals surface area contributed by atoms with E-state index in [4.69, 9.17) is 0 Å². The molecule has 0 aliphatic carbocycles. The second-order valence-corrected chi connectivity index (χ2v) is 5.16. The molecule has 3 rings (SSSR count). The number of anilines is 1. The average Bonchev–Trinajstić information content (AvgIpc) is 2.85. The van der Waals surface area contributed by atoms with Crippen LogP contribution in [0.4, 0.5) is 10.1 Å². The van der Waals surface area contributed by atoms with Crippen LogP contribution < -0.4 is 5.32 Å². The lowest BCUT2D eigenvalue weighted by atomic mass is 10.2. The van der Waals surface area contributed by atoms with Crippen molar-refractivity contribution < 1.29 is 9.18 Å². The summed E-state index contributed by atoms with van der Waals surface area (Å²) >= 11 is 0. The van der Waals surface area contributed by atoms with Crippen molar-refractivity contribution in [2.24, 2.45) is 0 Å². The molecule has 1 N–H and O–H groups in total. The summed E-state index contributed by atoms with van der Waals surface area (Å²) in [4.78, 5) is 17.1. The number of pyridine rings is 1. The molecule has 2 aromatic heterocycles. The minimum atomic E-state index is -0.387. The minimum Gasteiger partial charge on any atom is -0.321 e. The molecule has 0 saturated heterocycles. The average molecular weight is 297 g/mol. The van der Waals surface area contributed by atoms with Gasteiger partial charge in [-0.3, -0.25) is 9.20 Å². The van der Waals surface area contributed by atoms with Crippen LogP contribution in [-0.4, -0.2) is 15.3 Å². The number of hydrogen-bond donors (Lipinski definition) is 1. The second kappa shape index (κ2) is 5.60. The van der Waals surface area contributed by atoms with Crippen molar-refractivity contribution in [3.05, 3.63) is 65.4 Å². The summed E-state index contributed by atoms with van der Waals surface area (Å²) in [6.45, 7) is 3.91. The van der Waals surface area contributed by atoms with E-state index in [1.807, 2.05) is 32.2 Å². The van der Waals surface area contributed by atoms with Gasteiger partial charge in [0.1, 0.15) is 17.2 Å². The highest BCUT2D eigenvalue weighted by molar-refractivity contribution is 6.04. The smallest absolute Gasteiger partial charge is 0.274 e. The summed E-state index contributed by atoms with van der Waals surface area (Å²) in [5.74, 6) is -0.678. The van der Waals surface area contributed by atoms with Gasteiger partial charge in [0.15, 0.2) is 0 Å². The topological polar surface area (TPSA) is 46.4 Å². The molecule has 0 saturated carbocycles. The normalized spacial score (nSPS) is 10.9. The van der Waals surface area contributed by atoms with Crippen LogP contribution in [0.1, 0.15) is 28.7 Å². The van der Waals surface area contributed by atoms with Crippen molar-refractivity contribution >= 4 is 17.2 Å². The highest BCUT2D eigenvalue weighted by Crippen LogP contribution is 2.17. The van der Waals surface area contributed by atoms with E-state index in [-0.39, 0.29) is 11.7 Å². The van der Waals surface area contributed by atoms with E-state index in [2.05, 4.69) is 10.3 Å². The van der Waals surface area contributed by atoms with E-state index in [9.17, 15) is 9.18 Å². The number of aromatic nitrogens is 2. The van der Waals surface area contributed by atoms with Crippen LogP contribution in [0.3, 0.4) is 0 Å². The fourth-order valence-corrected chi connectivity index (χ4v) is 2.44. The molecule has 0 unspecified atom stereocenters. The number of hydrogen-bond acceptors (Lipinski definition) is 2. The number of amides is 1. The molecular formula is C17H16FN3O. The lowest BCUT2D eigenvalue weighted by Crippen LogP contribution is -2.16. The van der Waals surface area contributed by atoms with Crippen molar-refractivity contribution in [3.8, 4) is 0 Å². The molecule has 0 atom stereocenters. The van der Waals surface area contributed by atoms with Gasteiger partial charge in [-0.25, -0.2) is 9.37 Å². The van der Waals surface area contributed by atoms with Gasteiger partial charge >= 0.3 is 0 Å². The number of imidazole rings is 1. The molecule has 0 fully saturated rings. The Balaban J connectivity index is 2.04. The van der Waals surface area contributed by atoms with E-state index in [0.29, 0.717) is 17.8 Å². The van der Waals surface area contributed by atoms with Crippen LogP contribution >= 0.6 is 0 Å². The summed E-state index contributed by atoms with van der Waals surface area (Å²) < 4.78 is 15.0. The molecule has 112 valence electrons. The number of rotatable bonds is 3. The summed E-state index contributed by atoms with van der Waals surface area (Å²) in [6.07, 6.45) is 2.52. The van der Waals surface area contributed by atoms with Crippen molar-refractivity contribution in [3.63, 3.8) is 0 Å². The Hall–Kier alpha value is -2.69. The predicted octanol–water partition coefficient (Wildman–Crippen LogP) is 3.60. The van der Waals surface area contributed by atoms with Gasteiger partial charge in [-0.05, 0) is 43.2 Å². The number of carbonyl (C=O) groups excluding carboxylic acids is 1. The van der Waals surface area contributed by atoms with Gasteiger partial charge in [-0.1, -0.05) is 19.1 Å². The van der Waals surface area contributed by atoms with Crippen LogP contribution in [0.15, 0.2) is 42.6 Å². The Morgan fingerprint density at radius 1 is 1.32 bits per heavy atom. The zero-order chi connectivity index (χ0) is 15.7. The number of halogens is 1. The fraction of sp³-hybridized carbons (Fsp3) is 0.176.